The molecule has 11 heteroatoms. The molecule has 9 nitrogen and oxygen atoms in total. The molecule has 4 aromatic rings. The fraction of sp³-hybridized carbons (Fsp3) is 0.0952. The number of rotatable bonds is 6. The van der Waals surface area contributed by atoms with Crippen molar-refractivity contribution in [2.75, 3.05) is 0 Å². The fourth-order valence-electron chi connectivity index (χ4n) is 3.48. The number of imidazole rings is 1. The van der Waals surface area contributed by atoms with Gasteiger partial charge in [-0.15, -0.1) is 0 Å². The molecular weight excluding hydrogens is 459 g/mol. The van der Waals surface area contributed by atoms with Gasteiger partial charge in [0.25, 0.3) is 0 Å². The molecule has 0 fully saturated rings. The number of nitro benzene ring substituents is 2. The first-order chi connectivity index (χ1) is 15.2. The summed E-state index contributed by atoms with van der Waals surface area (Å²) in [5, 5.41) is 24.0. The molecule has 0 bridgehead atoms. The molecule has 0 spiro atoms. The Labute approximate surface area is 190 Å². The highest BCUT2D eigenvalue weighted by Crippen LogP contribution is 2.32. The topological polar surface area (TPSA) is 113 Å². The Bertz CT molecular complexity index is 1300. The summed E-state index contributed by atoms with van der Waals surface area (Å²) < 4.78 is 2.70. The van der Waals surface area contributed by atoms with E-state index in [0.29, 0.717) is 10.0 Å². The van der Waals surface area contributed by atoms with Crippen LogP contribution in [-0.4, -0.2) is 19.0 Å². The van der Waals surface area contributed by atoms with Gasteiger partial charge in [0.15, 0.2) is 0 Å². The van der Waals surface area contributed by atoms with E-state index in [4.69, 9.17) is 23.2 Å². The van der Waals surface area contributed by atoms with Gasteiger partial charge in [-0.2, -0.15) is 0 Å². The summed E-state index contributed by atoms with van der Waals surface area (Å²) in [4.78, 5) is 34.6. The summed E-state index contributed by atoms with van der Waals surface area (Å²) in [5.41, 5.74) is 0.0882. The summed E-state index contributed by atoms with van der Waals surface area (Å²) in [7, 11) is 0. The maximum absolute atomic E-state index is 13.3. The predicted octanol–water partition coefficient (Wildman–Crippen LogP) is 5.02. The molecule has 0 atom stereocenters. The summed E-state index contributed by atoms with van der Waals surface area (Å²) in [5.74, 6) is 0. The average Bonchev–Trinajstić information content (AvgIpc) is 3.01. The van der Waals surface area contributed by atoms with Crippen LogP contribution in [0.1, 0.15) is 11.1 Å². The first-order valence-corrected chi connectivity index (χ1v) is 10.0. The highest BCUT2D eigenvalue weighted by atomic mass is 35.5. The van der Waals surface area contributed by atoms with Gasteiger partial charge in [0.1, 0.15) is 0 Å². The molecule has 1 heterocycles. The van der Waals surface area contributed by atoms with E-state index in [0.717, 1.165) is 23.3 Å². The van der Waals surface area contributed by atoms with Gasteiger partial charge in [-0.1, -0.05) is 47.5 Å². The Morgan fingerprint density at radius 3 is 1.34 bits per heavy atom. The second kappa shape index (κ2) is 8.45. The molecule has 0 saturated carbocycles. The third kappa shape index (κ3) is 4.08. The average molecular weight is 473 g/mol. The molecule has 0 amide bonds. The number of aromatic nitrogens is 2. The Kier molecular flexibility index (Phi) is 5.68. The second-order valence-corrected chi connectivity index (χ2v) is 7.92. The van der Waals surface area contributed by atoms with Gasteiger partial charge in [-0.05, 0) is 35.4 Å². The molecule has 3 aromatic carbocycles. The lowest BCUT2D eigenvalue weighted by Crippen LogP contribution is -2.25. The van der Waals surface area contributed by atoms with Gasteiger partial charge >= 0.3 is 17.1 Å². The van der Waals surface area contributed by atoms with Crippen LogP contribution in [0.25, 0.3) is 11.0 Å². The minimum absolute atomic E-state index is 0.106. The SMILES string of the molecule is O=c1n(Cc2ccc(Cl)cc2)c2cc([N+](=O)[O-])c([N+](=O)[O-])cc2n1Cc1ccc(Cl)cc1. The zero-order valence-electron chi connectivity index (χ0n) is 16.3. The maximum atomic E-state index is 13.3. The predicted molar refractivity (Wildman–Crippen MR) is 121 cm³/mol. The minimum atomic E-state index is -0.828. The monoisotopic (exact) mass is 472 g/mol. The number of benzene rings is 3. The summed E-state index contributed by atoms with van der Waals surface area (Å²) in [6.07, 6.45) is 0. The van der Waals surface area contributed by atoms with Crippen molar-refractivity contribution in [2.24, 2.45) is 0 Å². The first kappa shape index (κ1) is 21.5. The van der Waals surface area contributed by atoms with Crippen LogP contribution in [0.5, 0.6) is 0 Å². The van der Waals surface area contributed by atoms with E-state index in [1.54, 1.807) is 48.5 Å². The standard InChI is InChI=1S/C21H14Cl2N4O5/c22-15-5-1-13(2-6-15)11-24-17-9-19(26(29)30)20(27(31)32)10-18(17)25(21(24)28)12-14-3-7-16(23)8-4-14/h1-10H,11-12H2. The van der Waals surface area contributed by atoms with Crippen molar-refractivity contribution in [1.82, 2.24) is 9.13 Å². The summed E-state index contributed by atoms with van der Waals surface area (Å²) >= 11 is 11.9. The molecule has 1 aromatic heterocycles. The third-order valence-corrected chi connectivity index (χ3v) is 5.52. The highest BCUT2D eigenvalue weighted by molar-refractivity contribution is 6.30. The zero-order valence-corrected chi connectivity index (χ0v) is 17.8. The second-order valence-electron chi connectivity index (χ2n) is 7.05. The van der Waals surface area contributed by atoms with Crippen molar-refractivity contribution < 1.29 is 9.85 Å². The van der Waals surface area contributed by atoms with Crippen LogP contribution in [-0.2, 0) is 13.1 Å². The molecule has 0 N–H and O–H groups in total. The number of nitrogens with zero attached hydrogens (tertiary/aromatic N) is 4. The molecule has 162 valence electrons. The normalized spacial score (nSPS) is 11.1. The lowest BCUT2D eigenvalue weighted by molar-refractivity contribution is -0.422. The summed E-state index contributed by atoms with van der Waals surface area (Å²) in [6, 6.07) is 15.8. The zero-order chi connectivity index (χ0) is 23.0. The van der Waals surface area contributed by atoms with E-state index in [-0.39, 0.29) is 24.1 Å². The van der Waals surface area contributed by atoms with Crippen LogP contribution in [0.3, 0.4) is 0 Å². The molecular formula is C21H14Cl2N4O5. The molecule has 0 aliphatic heterocycles. The molecule has 32 heavy (non-hydrogen) atoms. The van der Waals surface area contributed by atoms with Gasteiger partial charge in [0, 0.05) is 22.2 Å². The molecule has 0 radical (unpaired) electrons. The van der Waals surface area contributed by atoms with Crippen LogP contribution in [0.2, 0.25) is 10.0 Å². The third-order valence-electron chi connectivity index (χ3n) is 5.02. The molecule has 0 aliphatic rings. The van der Waals surface area contributed by atoms with E-state index in [2.05, 4.69) is 0 Å². The Balaban J connectivity index is 1.95. The van der Waals surface area contributed by atoms with Gasteiger partial charge in [-0.3, -0.25) is 29.4 Å². The van der Waals surface area contributed by atoms with Gasteiger partial charge in [0.2, 0.25) is 0 Å². The van der Waals surface area contributed by atoms with Crippen LogP contribution < -0.4 is 5.69 Å². The number of halogens is 2. The van der Waals surface area contributed by atoms with Crippen molar-refractivity contribution in [3.05, 3.63) is 113 Å². The molecule has 0 aliphatic carbocycles. The van der Waals surface area contributed by atoms with Gasteiger partial charge in [0.05, 0.1) is 34.0 Å². The van der Waals surface area contributed by atoms with Gasteiger partial charge < -0.3 is 0 Å². The van der Waals surface area contributed by atoms with Crippen molar-refractivity contribution >= 4 is 45.6 Å². The largest absolute Gasteiger partial charge is 0.348 e. The molecule has 0 unspecified atom stereocenters. The maximum Gasteiger partial charge on any atom is 0.348 e. The van der Waals surface area contributed by atoms with Crippen molar-refractivity contribution in [3.63, 3.8) is 0 Å². The fourth-order valence-corrected chi connectivity index (χ4v) is 3.73. The van der Waals surface area contributed by atoms with Crippen LogP contribution in [0, 0.1) is 20.2 Å². The Morgan fingerprint density at radius 2 is 1.03 bits per heavy atom. The van der Waals surface area contributed by atoms with E-state index in [1.807, 2.05) is 0 Å². The number of hydrogen-bond acceptors (Lipinski definition) is 5. The smallest absolute Gasteiger partial charge is 0.287 e. The van der Waals surface area contributed by atoms with E-state index in [1.165, 1.54) is 9.13 Å². The minimum Gasteiger partial charge on any atom is -0.287 e. The Morgan fingerprint density at radius 1 is 0.688 bits per heavy atom. The van der Waals surface area contributed by atoms with E-state index in [9.17, 15) is 25.0 Å². The number of nitro groups is 2. The van der Waals surface area contributed by atoms with Gasteiger partial charge in [-0.25, -0.2) is 4.79 Å². The van der Waals surface area contributed by atoms with Crippen LogP contribution in [0.15, 0.2) is 65.5 Å². The first-order valence-electron chi connectivity index (χ1n) is 9.29. The summed E-state index contributed by atoms with van der Waals surface area (Å²) in [6.45, 7) is 0.212. The van der Waals surface area contributed by atoms with E-state index < -0.39 is 26.9 Å². The van der Waals surface area contributed by atoms with Crippen LogP contribution >= 0.6 is 23.2 Å². The molecule has 0 saturated heterocycles. The number of hydrogen-bond donors (Lipinski definition) is 0. The lowest BCUT2D eigenvalue weighted by Gasteiger charge is -2.04. The Hall–Kier alpha value is -3.69. The lowest BCUT2D eigenvalue weighted by atomic mass is 10.2. The highest BCUT2D eigenvalue weighted by Gasteiger charge is 2.28. The van der Waals surface area contributed by atoms with Crippen molar-refractivity contribution in [3.8, 4) is 0 Å². The quantitative estimate of drug-likeness (QED) is 0.288. The van der Waals surface area contributed by atoms with Crippen molar-refractivity contribution in [2.45, 2.75) is 13.1 Å². The van der Waals surface area contributed by atoms with Crippen LogP contribution in [0.4, 0.5) is 11.4 Å². The van der Waals surface area contributed by atoms with E-state index >= 15 is 0 Å². The number of fused-ring (bicyclic) bond motifs is 1. The van der Waals surface area contributed by atoms with Crippen molar-refractivity contribution in [1.29, 1.82) is 0 Å². The molecule has 4 rings (SSSR count).